The molecule has 0 heterocycles. The number of nitro groups is 1. The highest BCUT2D eigenvalue weighted by Gasteiger charge is 2.27. The van der Waals surface area contributed by atoms with Crippen LogP contribution in [0.3, 0.4) is 0 Å². The SMILES string of the molecule is O=C(Cl)c1cccc([N+](=O)[O-])c1C(=O)c1ccccc1. The highest BCUT2D eigenvalue weighted by Crippen LogP contribution is 2.26. The zero-order valence-electron chi connectivity index (χ0n) is 10.1. The average Bonchev–Trinajstić information content (AvgIpc) is 2.46. The van der Waals surface area contributed by atoms with Gasteiger partial charge in [0, 0.05) is 11.6 Å². The monoisotopic (exact) mass is 289 g/mol. The molecular weight excluding hydrogens is 282 g/mol. The smallest absolute Gasteiger partial charge is 0.281 e. The number of ketones is 1. The molecule has 6 heteroatoms. The summed E-state index contributed by atoms with van der Waals surface area (Å²) in [6, 6.07) is 11.8. The number of nitro benzene ring substituents is 1. The van der Waals surface area contributed by atoms with E-state index < -0.39 is 21.6 Å². The molecule has 100 valence electrons. The number of rotatable bonds is 4. The van der Waals surface area contributed by atoms with Gasteiger partial charge in [-0.2, -0.15) is 0 Å². The van der Waals surface area contributed by atoms with Crippen LogP contribution in [0, 0.1) is 10.1 Å². The van der Waals surface area contributed by atoms with Gasteiger partial charge in [-0.3, -0.25) is 19.7 Å². The number of nitrogens with zero attached hydrogens (tertiary/aromatic N) is 1. The molecule has 2 aromatic rings. The molecule has 0 saturated carbocycles. The molecule has 5 nitrogen and oxygen atoms in total. The van der Waals surface area contributed by atoms with E-state index in [1.165, 1.54) is 30.3 Å². The first-order chi connectivity index (χ1) is 9.52. The number of carbonyl (C=O) groups is 2. The fourth-order valence-electron chi connectivity index (χ4n) is 1.83. The Morgan fingerprint density at radius 1 is 1.00 bits per heavy atom. The highest BCUT2D eigenvalue weighted by molar-refractivity contribution is 6.68. The Kier molecular flexibility index (Phi) is 3.91. The van der Waals surface area contributed by atoms with Gasteiger partial charge in [0.15, 0.2) is 0 Å². The normalized spacial score (nSPS) is 10.1. The predicted octanol–water partition coefficient (Wildman–Crippen LogP) is 3.20. The van der Waals surface area contributed by atoms with Crippen molar-refractivity contribution in [2.24, 2.45) is 0 Å². The lowest BCUT2D eigenvalue weighted by Gasteiger charge is -2.06. The van der Waals surface area contributed by atoms with Crippen molar-refractivity contribution < 1.29 is 14.5 Å². The maximum absolute atomic E-state index is 12.4. The Hall–Kier alpha value is -2.53. The summed E-state index contributed by atoms with van der Waals surface area (Å²) < 4.78 is 0. The van der Waals surface area contributed by atoms with Crippen LogP contribution in [-0.4, -0.2) is 15.9 Å². The van der Waals surface area contributed by atoms with Crippen molar-refractivity contribution in [3.63, 3.8) is 0 Å². The second-order valence-corrected chi connectivity index (χ2v) is 4.27. The van der Waals surface area contributed by atoms with Crippen LogP contribution in [-0.2, 0) is 0 Å². The first kappa shape index (κ1) is 13.9. The topological polar surface area (TPSA) is 77.3 Å². The molecule has 2 aromatic carbocycles. The van der Waals surface area contributed by atoms with Gasteiger partial charge in [0.2, 0.25) is 5.78 Å². The van der Waals surface area contributed by atoms with E-state index in [2.05, 4.69) is 0 Å². The lowest BCUT2D eigenvalue weighted by atomic mass is 9.97. The van der Waals surface area contributed by atoms with Gasteiger partial charge in [-0.25, -0.2) is 0 Å². The molecule has 0 aliphatic carbocycles. The molecular formula is C14H8ClNO4. The minimum atomic E-state index is -0.909. The van der Waals surface area contributed by atoms with Gasteiger partial charge < -0.3 is 0 Å². The number of hydrogen-bond donors (Lipinski definition) is 0. The zero-order valence-corrected chi connectivity index (χ0v) is 10.8. The van der Waals surface area contributed by atoms with Gasteiger partial charge in [0.1, 0.15) is 5.56 Å². The number of hydrogen-bond acceptors (Lipinski definition) is 4. The van der Waals surface area contributed by atoms with Gasteiger partial charge in [0.05, 0.1) is 10.5 Å². The molecule has 0 spiro atoms. The first-order valence-electron chi connectivity index (χ1n) is 5.59. The van der Waals surface area contributed by atoms with Crippen molar-refractivity contribution in [3.8, 4) is 0 Å². The van der Waals surface area contributed by atoms with E-state index in [-0.39, 0.29) is 16.7 Å². The molecule has 0 radical (unpaired) electrons. The summed E-state index contributed by atoms with van der Waals surface area (Å²) in [6.07, 6.45) is 0. The number of benzene rings is 2. The minimum absolute atomic E-state index is 0.172. The number of halogens is 1. The van der Waals surface area contributed by atoms with Gasteiger partial charge >= 0.3 is 0 Å². The van der Waals surface area contributed by atoms with Crippen LogP contribution in [0.2, 0.25) is 0 Å². The van der Waals surface area contributed by atoms with Crippen molar-refractivity contribution in [3.05, 3.63) is 75.3 Å². The van der Waals surface area contributed by atoms with Crippen LogP contribution < -0.4 is 0 Å². The largest absolute Gasteiger partial charge is 0.288 e. The van der Waals surface area contributed by atoms with Crippen LogP contribution in [0.25, 0.3) is 0 Å². The van der Waals surface area contributed by atoms with Crippen LogP contribution >= 0.6 is 11.6 Å². The average molecular weight is 290 g/mol. The quantitative estimate of drug-likeness (QED) is 0.375. The highest BCUT2D eigenvalue weighted by atomic mass is 35.5. The van der Waals surface area contributed by atoms with E-state index in [1.54, 1.807) is 18.2 Å². The van der Waals surface area contributed by atoms with Gasteiger partial charge in [-0.15, -0.1) is 0 Å². The Balaban J connectivity index is 2.68. The molecule has 0 amide bonds. The van der Waals surface area contributed by atoms with E-state index in [0.717, 1.165) is 0 Å². The Morgan fingerprint density at radius 2 is 1.65 bits per heavy atom. The zero-order chi connectivity index (χ0) is 14.7. The summed E-state index contributed by atoms with van der Waals surface area (Å²) in [5, 5.41) is 10.1. The van der Waals surface area contributed by atoms with Crippen molar-refractivity contribution in [1.82, 2.24) is 0 Å². The van der Waals surface area contributed by atoms with Crippen molar-refractivity contribution in [2.45, 2.75) is 0 Å². The van der Waals surface area contributed by atoms with Crippen LogP contribution in [0.4, 0.5) is 5.69 Å². The summed E-state index contributed by atoms with van der Waals surface area (Å²) in [5.41, 5.74) is -0.648. The van der Waals surface area contributed by atoms with E-state index >= 15 is 0 Å². The molecule has 0 bridgehead atoms. The molecule has 20 heavy (non-hydrogen) atoms. The third-order valence-corrected chi connectivity index (χ3v) is 2.92. The molecule has 2 rings (SSSR count). The van der Waals surface area contributed by atoms with E-state index in [0.29, 0.717) is 0 Å². The summed E-state index contributed by atoms with van der Waals surface area (Å²) in [7, 11) is 0. The lowest BCUT2D eigenvalue weighted by molar-refractivity contribution is -0.385. The fourth-order valence-corrected chi connectivity index (χ4v) is 1.99. The first-order valence-corrected chi connectivity index (χ1v) is 5.97. The Labute approximate surface area is 118 Å². The summed E-state index contributed by atoms with van der Waals surface area (Å²) in [5.74, 6) is -0.609. The molecule has 0 aromatic heterocycles. The van der Waals surface area contributed by atoms with Crippen LogP contribution in [0.5, 0.6) is 0 Å². The third kappa shape index (κ3) is 2.57. The standard InChI is InChI=1S/C14H8ClNO4/c15-14(18)10-7-4-8-11(16(19)20)12(10)13(17)9-5-2-1-3-6-9/h1-8H. The second-order valence-electron chi connectivity index (χ2n) is 3.93. The van der Waals surface area contributed by atoms with Gasteiger partial charge in [-0.1, -0.05) is 36.4 Å². The van der Waals surface area contributed by atoms with Crippen molar-refractivity contribution >= 4 is 28.3 Å². The maximum Gasteiger partial charge on any atom is 0.281 e. The van der Waals surface area contributed by atoms with Crippen molar-refractivity contribution in [1.29, 1.82) is 0 Å². The summed E-state index contributed by atoms with van der Waals surface area (Å²) in [4.78, 5) is 34.1. The molecule has 0 unspecified atom stereocenters. The summed E-state index contributed by atoms with van der Waals surface area (Å²) >= 11 is 5.40. The molecule has 0 atom stereocenters. The van der Waals surface area contributed by atoms with Gasteiger partial charge in [0.25, 0.3) is 10.9 Å². The number of carbonyl (C=O) groups excluding carboxylic acids is 2. The lowest BCUT2D eigenvalue weighted by Crippen LogP contribution is -2.10. The molecule has 0 aliphatic rings. The second kappa shape index (κ2) is 5.63. The fraction of sp³-hybridized carbons (Fsp3) is 0. The van der Waals surface area contributed by atoms with Crippen LogP contribution in [0.1, 0.15) is 26.3 Å². The summed E-state index contributed by atoms with van der Waals surface area (Å²) in [6.45, 7) is 0. The molecule has 0 saturated heterocycles. The van der Waals surface area contributed by atoms with E-state index in [4.69, 9.17) is 11.6 Å². The van der Waals surface area contributed by atoms with Crippen LogP contribution in [0.15, 0.2) is 48.5 Å². The maximum atomic E-state index is 12.4. The van der Waals surface area contributed by atoms with Gasteiger partial charge in [-0.05, 0) is 17.7 Å². The third-order valence-electron chi connectivity index (χ3n) is 2.71. The molecule has 0 aliphatic heterocycles. The Morgan fingerprint density at radius 3 is 2.20 bits per heavy atom. The van der Waals surface area contributed by atoms with E-state index in [1.807, 2.05) is 0 Å². The van der Waals surface area contributed by atoms with E-state index in [9.17, 15) is 19.7 Å². The Bertz CT molecular complexity index is 665. The molecule has 0 N–H and O–H groups in total. The van der Waals surface area contributed by atoms with Crippen molar-refractivity contribution in [2.75, 3.05) is 0 Å². The molecule has 0 fully saturated rings. The minimum Gasteiger partial charge on any atom is -0.288 e. The predicted molar refractivity (Wildman–Crippen MR) is 73.2 cm³/mol.